The van der Waals surface area contributed by atoms with Crippen LogP contribution in [0.5, 0.6) is 0 Å². The number of benzene rings is 1. The highest BCUT2D eigenvalue weighted by molar-refractivity contribution is 7.89. The minimum Gasteiger partial charge on any atom is -0.200 e. The molecule has 2 rings (SSSR count). The third kappa shape index (κ3) is 3.70. The highest BCUT2D eigenvalue weighted by Gasteiger charge is 2.14. The molecule has 4 nitrogen and oxygen atoms in total. The number of sulfonamides is 1. The molecular weight excluding hydrogens is 327 g/mol. The lowest BCUT2D eigenvalue weighted by molar-refractivity contribution is 0.584. The molecule has 8 heteroatoms. The van der Waals surface area contributed by atoms with Gasteiger partial charge in [0.25, 0.3) is 10.0 Å². The summed E-state index contributed by atoms with van der Waals surface area (Å²) in [6.45, 7) is 0. The first-order valence-corrected chi connectivity index (χ1v) is 8.14. The van der Waals surface area contributed by atoms with Crippen LogP contribution in [0, 0.1) is 0 Å². The van der Waals surface area contributed by atoms with Gasteiger partial charge in [-0.05, 0) is 29.6 Å². The average Bonchev–Trinajstić information content (AvgIpc) is 2.85. The van der Waals surface area contributed by atoms with Crippen molar-refractivity contribution >= 4 is 50.8 Å². The summed E-state index contributed by atoms with van der Waals surface area (Å²) in [4.78, 5) is 2.96. The van der Waals surface area contributed by atoms with Crippen LogP contribution in [0.2, 0.25) is 10.0 Å². The molecule has 0 aliphatic rings. The van der Waals surface area contributed by atoms with Gasteiger partial charge in [0.1, 0.15) is 0 Å². The van der Waals surface area contributed by atoms with E-state index in [-0.39, 0.29) is 9.92 Å². The van der Waals surface area contributed by atoms with Gasteiger partial charge in [0.2, 0.25) is 0 Å². The van der Waals surface area contributed by atoms with E-state index < -0.39 is 10.0 Å². The fourth-order valence-electron chi connectivity index (χ4n) is 1.22. The van der Waals surface area contributed by atoms with Gasteiger partial charge >= 0.3 is 0 Å². The SMILES string of the molecule is O=S(=O)(N/N=C/c1cccs1)c1ccc(Cl)c(Cl)c1. The standard InChI is InChI=1S/C11H8Cl2N2O2S2/c12-10-4-3-9(6-11(10)13)19(16,17)15-14-7-8-2-1-5-18-8/h1-7,15H/b14-7+. The number of hydrazone groups is 1. The fraction of sp³-hybridized carbons (Fsp3) is 0. The van der Waals surface area contributed by atoms with Crippen LogP contribution in [-0.4, -0.2) is 14.6 Å². The van der Waals surface area contributed by atoms with Gasteiger partial charge in [-0.2, -0.15) is 13.5 Å². The second-order valence-electron chi connectivity index (χ2n) is 3.44. The minimum atomic E-state index is -3.74. The molecule has 19 heavy (non-hydrogen) atoms. The number of halogens is 2. The van der Waals surface area contributed by atoms with Crippen molar-refractivity contribution in [2.75, 3.05) is 0 Å². The highest BCUT2D eigenvalue weighted by Crippen LogP contribution is 2.24. The molecule has 0 spiro atoms. The van der Waals surface area contributed by atoms with Crippen molar-refractivity contribution in [3.8, 4) is 0 Å². The molecule has 0 atom stereocenters. The molecule has 1 N–H and O–H groups in total. The zero-order valence-corrected chi connectivity index (χ0v) is 12.5. The van der Waals surface area contributed by atoms with Crippen molar-refractivity contribution in [1.29, 1.82) is 0 Å². The predicted molar refractivity (Wildman–Crippen MR) is 78.7 cm³/mol. The number of hydrogen-bond donors (Lipinski definition) is 1. The molecule has 0 amide bonds. The molecule has 100 valence electrons. The zero-order valence-electron chi connectivity index (χ0n) is 9.38. The summed E-state index contributed by atoms with van der Waals surface area (Å²) < 4.78 is 23.8. The lowest BCUT2D eigenvalue weighted by Crippen LogP contribution is -2.18. The molecule has 0 saturated heterocycles. The second-order valence-corrected chi connectivity index (χ2v) is 6.90. The summed E-state index contributed by atoms with van der Waals surface area (Å²) >= 11 is 13.0. The Labute approximate surface area is 124 Å². The van der Waals surface area contributed by atoms with E-state index in [2.05, 4.69) is 9.93 Å². The summed E-state index contributed by atoms with van der Waals surface area (Å²) in [6.07, 6.45) is 1.43. The summed E-state index contributed by atoms with van der Waals surface area (Å²) in [7, 11) is -3.74. The van der Waals surface area contributed by atoms with Gasteiger partial charge < -0.3 is 0 Å². The quantitative estimate of drug-likeness (QED) is 0.688. The number of nitrogens with one attached hydrogen (secondary N) is 1. The van der Waals surface area contributed by atoms with Crippen molar-refractivity contribution in [1.82, 2.24) is 4.83 Å². The number of thiophene rings is 1. The summed E-state index contributed by atoms with van der Waals surface area (Å²) in [5, 5.41) is 6.02. The van der Waals surface area contributed by atoms with E-state index in [0.29, 0.717) is 5.02 Å². The topological polar surface area (TPSA) is 58.5 Å². The highest BCUT2D eigenvalue weighted by atomic mass is 35.5. The molecule has 1 aromatic heterocycles. The fourth-order valence-corrected chi connectivity index (χ4v) is 2.99. The van der Waals surface area contributed by atoms with Gasteiger partial charge in [-0.1, -0.05) is 29.3 Å². The first-order valence-electron chi connectivity index (χ1n) is 5.02. The molecule has 1 aromatic carbocycles. The Kier molecular flexibility index (Phi) is 4.46. The molecule has 0 aliphatic heterocycles. The lowest BCUT2D eigenvalue weighted by Gasteiger charge is -2.04. The van der Waals surface area contributed by atoms with Gasteiger partial charge in [0, 0.05) is 4.88 Å². The maximum absolute atomic E-state index is 11.9. The summed E-state index contributed by atoms with van der Waals surface area (Å²) in [5.41, 5.74) is 0. The normalized spacial score (nSPS) is 11.9. The third-order valence-corrected chi connectivity index (χ3v) is 4.88. The Balaban J connectivity index is 2.16. The number of nitrogens with zero attached hydrogens (tertiary/aromatic N) is 1. The smallest absolute Gasteiger partial charge is 0.200 e. The monoisotopic (exact) mass is 334 g/mol. The summed E-state index contributed by atoms with van der Waals surface area (Å²) in [5.74, 6) is 0. The first kappa shape index (κ1) is 14.3. The minimum absolute atomic E-state index is 0.00484. The Morgan fingerprint density at radius 1 is 1.21 bits per heavy atom. The molecule has 0 bridgehead atoms. The predicted octanol–water partition coefficient (Wildman–Crippen LogP) is 3.37. The van der Waals surface area contributed by atoms with E-state index in [1.165, 1.54) is 35.8 Å². The molecule has 0 radical (unpaired) electrons. The van der Waals surface area contributed by atoms with E-state index in [4.69, 9.17) is 23.2 Å². The van der Waals surface area contributed by atoms with Gasteiger partial charge in [0.05, 0.1) is 21.2 Å². The van der Waals surface area contributed by atoms with Crippen LogP contribution in [0.1, 0.15) is 4.88 Å². The Hall–Kier alpha value is -1.08. The van der Waals surface area contributed by atoms with Crippen molar-refractivity contribution in [2.45, 2.75) is 4.90 Å². The largest absolute Gasteiger partial charge is 0.276 e. The molecule has 1 heterocycles. The van der Waals surface area contributed by atoms with Crippen LogP contribution < -0.4 is 4.83 Å². The summed E-state index contributed by atoms with van der Waals surface area (Å²) in [6, 6.07) is 7.71. The van der Waals surface area contributed by atoms with Crippen molar-refractivity contribution in [2.24, 2.45) is 5.10 Å². The lowest BCUT2D eigenvalue weighted by atomic mass is 10.4. The van der Waals surface area contributed by atoms with Crippen LogP contribution in [0.15, 0.2) is 45.7 Å². The number of hydrogen-bond acceptors (Lipinski definition) is 4. The van der Waals surface area contributed by atoms with E-state index in [0.717, 1.165) is 4.88 Å². The van der Waals surface area contributed by atoms with Gasteiger partial charge in [0.15, 0.2) is 0 Å². The Morgan fingerprint density at radius 2 is 2.00 bits per heavy atom. The van der Waals surface area contributed by atoms with Crippen LogP contribution in [0.3, 0.4) is 0 Å². The van der Waals surface area contributed by atoms with E-state index in [9.17, 15) is 8.42 Å². The molecular formula is C11H8Cl2N2O2S2. The van der Waals surface area contributed by atoms with Crippen molar-refractivity contribution in [3.63, 3.8) is 0 Å². The first-order chi connectivity index (χ1) is 8.99. The number of rotatable bonds is 4. The Bertz CT molecular complexity index is 697. The van der Waals surface area contributed by atoms with E-state index in [1.807, 2.05) is 17.5 Å². The van der Waals surface area contributed by atoms with Crippen molar-refractivity contribution in [3.05, 3.63) is 50.6 Å². The van der Waals surface area contributed by atoms with Crippen LogP contribution in [-0.2, 0) is 10.0 Å². The third-order valence-electron chi connectivity index (χ3n) is 2.11. The van der Waals surface area contributed by atoms with Gasteiger partial charge in [-0.3, -0.25) is 0 Å². The van der Waals surface area contributed by atoms with E-state index >= 15 is 0 Å². The Morgan fingerprint density at radius 3 is 2.63 bits per heavy atom. The van der Waals surface area contributed by atoms with Gasteiger partial charge in [-0.15, -0.1) is 11.3 Å². The van der Waals surface area contributed by atoms with E-state index in [1.54, 1.807) is 0 Å². The second kappa shape index (κ2) is 5.92. The van der Waals surface area contributed by atoms with Crippen molar-refractivity contribution < 1.29 is 8.42 Å². The molecule has 2 aromatic rings. The van der Waals surface area contributed by atoms with Crippen LogP contribution >= 0.6 is 34.5 Å². The molecule has 0 saturated carbocycles. The maximum atomic E-state index is 11.9. The zero-order chi connectivity index (χ0) is 13.9. The maximum Gasteiger partial charge on any atom is 0.276 e. The van der Waals surface area contributed by atoms with Crippen LogP contribution in [0.25, 0.3) is 0 Å². The molecule has 0 fully saturated rings. The molecule has 0 aliphatic carbocycles. The average molecular weight is 335 g/mol. The van der Waals surface area contributed by atoms with Crippen LogP contribution in [0.4, 0.5) is 0 Å². The molecule has 0 unspecified atom stereocenters. The van der Waals surface area contributed by atoms with Gasteiger partial charge in [-0.25, -0.2) is 4.83 Å².